The number of aromatic carboxylic acids is 1. The van der Waals surface area contributed by atoms with Crippen molar-refractivity contribution in [2.24, 2.45) is 0 Å². The van der Waals surface area contributed by atoms with Crippen molar-refractivity contribution in [2.75, 3.05) is 4.72 Å². The van der Waals surface area contributed by atoms with E-state index in [0.29, 0.717) is 5.69 Å². The first-order valence-corrected chi connectivity index (χ1v) is 8.07. The summed E-state index contributed by atoms with van der Waals surface area (Å²) in [5, 5.41) is 10.1. The van der Waals surface area contributed by atoms with Gasteiger partial charge in [0.15, 0.2) is 0 Å². The number of carboxylic acids is 1. The molecule has 0 spiro atoms. The van der Waals surface area contributed by atoms with Gasteiger partial charge in [-0.1, -0.05) is 6.07 Å². The topological polar surface area (TPSA) is 83.5 Å². The molecule has 0 aliphatic carbocycles. The summed E-state index contributed by atoms with van der Waals surface area (Å²) >= 11 is 0.883. The van der Waals surface area contributed by atoms with Gasteiger partial charge in [0.1, 0.15) is 4.88 Å². The van der Waals surface area contributed by atoms with Crippen molar-refractivity contribution in [2.45, 2.75) is 18.7 Å². The van der Waals surface area contributed by atoms with Crippen molar-refractivity contribution in [1.29, 1.82) is 0 Å². The fourth-order valence-corrected chi connectivity index (χ4v) is 3.97. The minimum Gasteiger partial charge on any atom is -0.477 e. The number of hydrogen-bond acceptors (Lipinski definition) is 4. The molecule has 0 radical (unpaired) electrons. The molecular weight excluding hydrogens is 298 g/mol. The molecule has 106 valence electrons. The number of hydrogen-bond donors (Lipinski definition) is 2. The lowest BCUT2D eigenvalue weighted by Crippen LogP contribution is -2.12. The summed E-state index contributed by atoms with van der Waals surface area (Å²) in [7, 11) is -3.76. The van der Waals surface area contributed by atoms with E-state index in [4.69, 9.17) is 5.11 Å². The molecule has 0 atom stereocenters. The molecule has 0 amide bonds. The number of thiophene rings is 1. The highest BCUT2D eigenvalue weighted by molar-refractivity contribution is 7.92. The van der Waals surface area contributed by atoms with Crippen LogP contribution in [-0.4, -0.2) is 19.5 Å². The van der Waals surface area contributed by atoms with Crippen LogP contribution in [-0.2, 0) is 10.0 Å². The zero-order valence-corrected chi connectivity index (χ0v) is 12.5. The molecule has 2 rings (SSSR count). The molecule has 0 aliphatic rings. The predicted octanol–water partition coefficient (Wildman–Crippen LogP) is 2.86. The van der Waals surface area contributed by atoms with Gasteiger partial charge in [-0.05, 0) is 43.2 Å². The quantitative estimate of drug-likeness (QED) is 0.909. The second kappa shape index (κ2) is 5.26. The van der Waals surface area contributed by atoms with E-state index < -0.39 is 16.0 Å². The monoisotopic (exact) mass is 311 g/mol. The Morgan fingerprint density at radius 3 is 2.25 bits per heavy atom. The van der Waals surface area contributed by atoms with Gasteiger partial charge < -0.3 is 5.11 Å². The first kappa shape index (κ1) is 14.5. The number of carboxylic acid groups (broad SMARTS) is 1. The Hall–Kier alpha value is -1.86. The van der Waals surface area contributed by atoms with Crippen molar-refractivity contribution in [1.82, 2.24) is 0 Å². The molecule has 1 aromatic heterocycles. The van der Waals surface area contributed by atoms with Gasteiger partial charge in [-0.3, -0.25) is 4.72 Å². The lowest BCUT2D eigenvalue weighted by molar-refractivity contribution is 0.0702. The maximum Gasteiger partial charge on any atom is 0.345 e. The molecule has 2 N–H and O–H groups in total. The molecule has 5 nitrogen and oxygen atoms in total. The highest BCUT2D eigenvalue weighted by atomic mass is 32.2. The number of rotatable bonds is 4. The molecule has 0 unspecified atom stereocenters. The summed E-state index contributed by atoms with van der Waals surface area (Å²) in [6, 6.07) is 6.52. The van der Waals surface area contributed by atoms with E-state index in [2.05, 4.69) is 4.72 Å². The number of benzene rings is 1. The Bertz CT molecular complexity index is 742. The van der Waals surface area contributed by atoms with Gasteiger partial charge in [0.05, 0.1) is 4.90 Å². The largest absolute Gasteiger partial charge is 0.477 e. The smallest absolute Gasteiger partial charge is 0.345 e. The van der Waals surface area contributed by atoms with Crippen molar-refractivity contribution < 1.29 is 18.3 Å². The Labute approximate surface area is 120 Å². The fourth-order valence-electron chi connectivity index (χ4n) is 1.82. The lowest BCUT2D eigenvalue weighted by Gasteiger charge is -2.08. The minimum absolute atomic E-state index is 0.00852. The predicted molar refractivity (Wildman–Crippen MR) is 78.0 cm³/mol. The summed E-state index contributed by atoms with van der Waals surface area (Å²) in [6.45, 7) is 3.75. The average molecular weight is 311 g/mol. The van der Waals surface area contributed by atoms with Crippen LogP contribution in [0.15, 0.2) is 34.5 Å². The van der Waals surface area contributed by atoms with Gasteiger partial charge in [-0.2, -0.15) is 0 Å². The Morgan fingerprint density at radius 2 is 1.75 bits per heavy atom. The molecule has 0 aliphatic heterocycles. The lowest BCUT2D eigenvalue weighted by atomic mass is 10.1. The third-order valence-electron chi connectivity index (χ3n) is 2.57. The number of aryl methyl sites for hydroxylation is 2. The van der Waals surface area contributed by atoms with Gasteiger partial charge in [0.25, 0.3) is 10.0 Å². The molecule has 0 bridgehead atoms. The van der Waals surface area contributed by atoms with E-state index >= 15 is 0 Å². The Kier molecular flexibility index (Phi) is 3.82. The van der Waals surface area contributed by atoms with Crippen LogP contribution in [0.25, 0.3) is 0 Å². The zero-order valence-electron chi connectivity index (χ0n) is 10.9. The number of carbonyl (C=O) groups is 1. The number of sulfonamides is 1. The van der Waals surface area contributed by atoms with Crippen LogP contribution in [0.1, 0.15) is 20.8 Å². The van der Waals surface area contributed by atoms with Crippen molar-refractivity contribution >= 4 is 33.0 Å². The first-order chi connectivity index (χ1) is 9.28. The van der Waals surface area contributed by atoms with Crippen molar-refractivity contribution in [3.63, 3.8) is 0 Å². The molecule has 0 saturated carbocycles. The molecule has 1 heterocycles. The van der Waals surface area contributed by atoms with Crippen LogP contribution in [0, 0.1) is 13.8 Å². The van der Waals surface area contributed by atoms with Crippen LogP contribution >= 0.6 is 11.3 Å². The van der Waals surface area contributed by atoms with Crippen LogP contribution in [0.4, 0.5) is 5.69 Å². The van der Waals surface area contributed by atoms with Gasteiger partial charge in [-0.25, -0.2) is 13.2 Å². The Balaban J connectivity index is 2.32. The van der Waals surface area contributed by atoms with Crippen LogP contribution < -0.4 is 4.72 Å². The maximum absolute atomic E-state index is 12.2. The van der Waals surface area contributed by atoms with Crippen molar-refractivity contribution in [3.05, 3.63) is 45.6 Å². The molecule has 7 heteroatoms. The van der Waals surface area contributed by atoms with Crippen LogP contribution in [0.2, 0.25) is 0 Å². The summed E-state index contributed by atoms with van der Waals surface area (Å²) in [5.41, 5.74) is 2.35. The van der Waals surface area contributed by atoms with E-state index in [-0.39, 0.29) is 9.77 Å². The van der Waals surface area contributed by atoms with Crippen molar-refractivity contribution in [3.8, 4) is 0 Å². The molecule has 20 heavy (non-hydrogen) atoms. The number of anilines is 1. The standard InChI is InChI=1S/C13H13NO4S2/c1-8-3-9(2)5-10(4-8)14-20(17,18)11-6-12(13(15)16)19-7-11/h3-7,14H,1-2H3,(H,15,16). The third kappa shape index (κ3) is 3.17. The Morgan fingerprint density at radius 1 is 1.15 bits per heavy atom. The summed E-state index contributed by atoms with van der Waals surface area (Å²) in [5.74, 6) is -1.14. The molecule has 0 saturated heterocycles. The summed E-state index contributed by atoms with van der Waals surface area (Å²) in [4.78, 5) is 10.7. The second-order valence-electron chi connectivity index (χ2n) is 4.43. The third-order valence-corrected chi connectivity index (χ3v) is 5.00. The van der Waals surface area contributed by atoms with Gasteiger partial charge in [-0.15, -0.1) is 11.3 Å². The second-order valence-corrected chi connectivity index (χ2v) is 7.03. The van der Waals surface area contributed by atoms with E-state index in [9.17, 15) is 13.2 Å². The molecule has 1 aromatic carbocycles. The highest BCUT2D eigenvalue weighted by Gasteiger charge is 2.18. The van der Waals surface area contributed by atoms with Crippen LogP contribution in [0.3, 0.4) is 0 Å². The molecule has 0 fully saturated rings. The van der Waals surface area contributed by atoms with E-state index in [0.717, 1.165) is 28.5 Å². The SMILES string of the molecule is Cc1cc(C)cc(NS(=O)(=O)c2csc(C(=O)O)c2)c1. The maximum atomic E-state index is 12.2. The number of nitrogens with one attached hydrogen (secondary N) is 1. The fraction of sp³-hybridized carbons (Fsp3) is 0.154. The van der Waals surface area contributed by atoms with Crippen LogP contribution in [0.5, 0.6) is 0 Å². The minimum atomic E-state index is -3.76. The van der Waals surface area contributed by atoms with Gasteiger partial charge in [0.2, 0.25) is 0 Å². The van der Waals surface area contributed by atoms with Gasteiger partial charge in [0, 0.05) is 11.1 Å². The van der Waals surface area contributed by atoms with E-state index in [1.807, 2.05) is 19.9 Å². The zero-order chi connectivity index (χ0) is 14.9. The van der Waals surface area contributed by atoms with E-state index in [1.54, 1.807) is 12.1 Å². The average Bonchev–Trinajstić information content (AvgIpc) is 2.76. The summed E-state index contributed by atoms with van der Waals surface area (Å²) in [6.07, 6.45) is 0. The normalized spacial score (nSPS) is 11.3. The first-order valence-electron chi connectivity index (χ1n) is 5.71. The molecular formula is C13H13NO4S2. The summed E-state index contributed by atoms with van der Waals surface area (Å²) < 4.78 is 26.8. The molecule has 2 aromatic rings. The van der Waals surface area contributed by atoms with E-state index in [1.165, 1.54) is 5.38 Å². The highest BCUT2D eigenvalue weighted by Crippen LogP contribution is 2.23. The van der Waals surface area contributed by atoms with Gasteiger partial charge >= 0.3 is 5.97 Å².